The van der Waals surface area contributed by atoms with Crippen molar-refractivity contribution in [2.24, 2.45) is 0 Å². The van der Waals surface area contributed by atoms with E-state index in [-0.39, 0.29) is 0 Å². The van der Waals surface area contributed by atoms with Gasteiger partial charge in [0.05, 0.1) is 11.1 Å². The Balaban J connectivity index is 2.85. The van der Waals surface area contributed by atoms with E-state index in [0.717, 1.165) is 22.9 Å². The summed E-state index contributed by atoms with van der Waals surface area (Å²) in [6.07, 6.45) is 2.52. The molecule has 2 rings (SSSR count). The van der Waals surface area contributed by atoms with E-state index in [2.05, 4.69) is 18.0 Å². The van der Waals surface area contributed by atoms with Gasteiger partial charge in [0.25, 0.3) is 0 Å². The molecule has 0 aliphatic heterocycles. The number of benzene rings is 1. The van der Waals surface area contributed by atoms with E-state index >= 15 is 0 Å². The van der Waals surface area contributed by atoms with Crippen molar-refractivity contribution in [3.63, 3.8) is 0 Å². The number of rotatable bonds is 1. The van der Waals surface area contributed by atoms with Crippen LogP contribution < -0.4 is 0 Å². The second-order valence-electron chi connectivity index (χ2n) is 3.13. The average molecular weight is 182 g/mol. The zero-order valence-corrected chi connectivity index (χ0v) is 7.99. The summed E-state index contributed by atoms with van der Waals surface area (Å²) in [6.45, 7) is 2.06. The smallest absolute Gasteiger partial charge is 0.101 e. The number of pyridine rings is 1. The highest BCUT2D eigenvalue weighted by Gasteiger charge is 2.05. The molecule has 0 atom stereocenters. The Morgan fingerprint density at radius 2 is 2.14 bits per heavy atom. The Kier molecular flexibility index (Phi) is 2.16. The lowest BCUT2D eigenvalue weighted by Crippen LogP contribution is -1.92. The topological polar surface area (TPSA) is 36.7 Å². The second-order valence-corrected chi connectivity index (χ2v) is 3.13. The Hall–Kier alpha value is -1.88. The summed E-state index contributed by atoms with van der Waals surface area (Å²) in [7, 11) is 0. The van der Waals surface area contributed by atoms with E-state index in [1.165, 1.54) is 0 Å². The minimum Gasteiger partial charge on any atom is -0.255 e. The lowest BCUT2D eigenvalue weighted by Gasteiger charge is -2.04. The predicted octanol–water partition coefficient (Wildman–Crippen LogP) is 2.67. The van der Waals surface area contributed by atoms with Gasteiger partial charge >= 0.3 is 0 Å². The van der Waals surface area contributed by atoms with Crippen molar-refractivity contribution in [2.45, 2.75) is 13.3 Å². The molecule has 68 valence electrons. The monoisotopic (exact) mass is 182 g/mol. The van der Waals surface area contributed by atoms with Crippen LogP contribution in [-0.4, -0.2) is 4.98 Å². The number of para-hydroxylation sites is 1. The van der Waals surface area contributed by atoms with Gasteiger partial charge in [-0.1, -0.05) is 25.1 Å². The summed E-state index contributed by atoms with van der Waals surface area (Å²) in [4.78, 5) is 4.24. The molecule has 1 heterocycles. The van der Waals surface area contributed by atoms with Crippen LogP contribution in [0.2, 0.25) is 0 Å². The van der Waals surface area contributed by atoms with Crippen LogP contribution in [0.3, 0.4) is 0 Å². The van der Waals surface area contributed by atoms with Gasteiger partial charge in [-0.2, -0.15) is 5.26 Å². The van der Waals surface area contributed by atoms with Crippen molar-refractivity contribution >= 4 is 10.9 Å². The van der Waals surface area contributed by atoms with Gasteiger partial charge in [0.1, 0.15) is 6.07 Å². The van der Waals surface area contributed by atoms with Crippen molar-refractivity contribution in [1.82, 2.24) is 4.98 Å². The number of aryl methyl sites for hydroxylation is 1. The molecule has 0 fully saturated rings. The van der Waals surface area contributed by atoms with Crippen LogP contribution in [0.5, 0.6) is 0 Å². The number of nitrogens with zero attached hydrogens (tertiary/aromatic N) is 2. The molecule has 0 aliphatic rings. The van der Waals surface area contributed by atoms with Crippen LogP contribution >= 0.6 is 0 Å². The fraction of sp³-hybridized carbons (Fsp3) is 0.167. The fourth-order valence-corrected chi connectivity index (χ4v) is 1.68. The third-order valence-corrected chi connectivity index (χ3v) is 2.36. The zero-order valence-electron chi connectivity index (χ0n) is 7.99. The molecule has 1 aromatic carbocycles. The van der Waals surface area contributed by atoms with Crippen LogP contribution in [0.1, 0.15) is 18.1 Å². The highest BCUT2D eigenvalue weighted by Crippen LogP contribution is 2.20. The summed E-state index contributed by atoms with van der Waals surface area (Å²) in [5.74, 6) is 0. The van der Waals surface area contributed by atoms with Gasteiger partial charge in [0.2, 0.25) is 0 Å². The summed E-state index contributed by atoms with van der Waals surface area (Å²) < 4.78 is 0. The van der Waals surface area contributed by atoms with Gasteiger partial charge in [-0.3, -0.25) is 4.98 Å². The van der Waals surface area contributed by atoms with Crippen molar-refractivity contribution in [2.75, 3.05) is 0 Å². The SMILES string of the molecule is CCc1c(C#N)cnc2ccccc12. The first kappa shape index (κ1) is 8.71. The quantitative estimate of drug-likeness (QED) is 0.679. The number of aromatic nitrogens is 1. The van der Waals surface area contributed by atoms with E-state index in [1.807, 2.05) is 24.3 Å². The maximum absolute atomic E-state index is 8.92. The fourth-order valence-electron chi connectivity index (χ4n) is 1.68. The number of hydrogen-bond acceptors (Lipinski definition) is 2. The van der Waals surface area contributed by atoms with Gasteiger partial charge in [-0.15, -0.1) is 0 Å². The Bertz CT molecular complexity index is 509. The molecule has 0 amide bonds. The molecule has 2 aromatic rings. The third-order valence-electron chi connectivity index (χ3n) is 2.36. The summed E-state index contributed by atoms with van der Waals surface area (Å²) >= 11 is 0. The molecular weight excluding hydrogens is 172 g/mol. The molecule has 0 spiro atoms. The molecule has 0 bridgehead atoms. The van der Waals surface area contributed by atoms with Gasteiger partial charge in [-0.05, 0) is 18.1 Å². The number of nitriles is 1. The molecule has 0 N–H and O–H groups in total. The number of fused-ring (bicyclic) bond motifs is 1. The van der Waals surface area contributed by atoms with E-state index in [1.54, 1.807) is 6.20 Å². The Labute approximate surface area is 82.8 Å². The van der Waals surface area contributed by atoms with Gasteiger partial charge in [0.15, 0.2) is 0 Å². The Morgan fingerprint density at radius 1 is 1.36 bits per heavy atom. The normalized spacial score (nSPS) is 10.0. The summed E-state index contributed by atoms with van der Waals surface area (Å²) in [5, 5.41) is 10.0. The van der Waals surface area contributed by atoms with Crippen molar-refractivity contribution in [1.29, 1.82) is 5.26 Å². The first-order chi connectivity index (χ1) is 6.86. The van der Waals surface area contributed by atoms with Crippen LogP contribution in [-0.2, 0) is 6.42 Å². The maximum atomic E-state index is 8.92. The van der Waals surface area contributed by atoms with E-state index in [0.29, 0.717) is 5.56 Å². The molecule has 1 aromatic heterocycles. The van der Waals surface area contributed by atoms with E-state index in [4.69, 9.17) is 5.26 Å². The van der Waals surface area contributed by atoms with Crippen LogP contribution in [0.4, 0.5) is 0 Å². The minimum absolute atomic E-state index is 0.686. The Morgan fingerprint density at radius 3 is 2.86 bits per heavy atom. The predicted molar refractivity (Wildman–Crippen MR) is 55.8 cm³/mol. The molecule has 0 radical (unpaired) electrons. The highest BCUT2D eigenvalue weighted by molar-refractivity contribution is 5.83. The molecule has 0 saturated carbocycles. The van der Waals surface area contributed by atoms with Crippen molar-refractivity contribution < 1.29 is 0 Å². The highest BCUT2D eigenvalue weighted by atomic mass is 14.7. The van der Waals surface area contributed by atoms with Crippen molar-refractivity contribution in [3.05, 3.63) is 41.6 Å². The molecule has 0 saturated heterocycles. The van der Waals surface area contributed by atoms with E-state index < -0.39 is 0 Å². The van der Waals surface area contributed by atoms with Crippen LogP contribution in [0.15, 0.2) is 30.5 Å². The zero-order chi connectivity index (χ0) is 9.97. The van der Waals surface area contributed by atoms with Gasteiger partial charge in [-0.25, -0.2) is 0 Å². The van der Waals surface area contributed by atoms with Gasteiger partial charge in [0, 0.05) is 11.6 Å². The molecule has 0 unspecified atom stereocenters. The van der Waals surface area contributed by atoms with Gasteiger partial charge < -0.3 is 0 Å². The van der Waals surface area contributed by atoms with Crippen molar-refractivity contribution in [3.8, 4) is 6.07 Å². The number of hydrogen-bond donors (Lipinski definition) is 0. The lowest BCUT2D eigenvalue weighted by atomic mass is 10.0. The third kappa shape index (κ3) is 1.23. The summed E-state index contributed by atoms with van der Waals surface area (Å²) in [6, 6.07) is 10.1. The van der Waals surface area contributed by atoms with E-state index in [9.17, 15) is 0 Å². The lowest BCUT2D eigenvalue weighted by molar-refractivity contribution is 1.13. The minimum atomic E-state index is 0.686. The standard InChI is InChI=1S/C12H10N2/c1-2-10-9(7-13)8-14-12-6-4-3-5-11(10)12/h3-6,8H,2H2,1H3. The molecule has 0 aliphatic carbocycles. The average Bonchev–Trinajstić information content (AvgIpc) is 2.27. The molecular formula is C12H10N2. The van der Waals surface area contributed by atoms with Crippen LogP contribution in [0.25, 0.3) is 10.9 Å². The molecule has 2 nitrogen and oxygen atoms in total. The maximum Gasteiger partial charge on any atom is 0.101 e. The largest absolute Gasteiger partial charge is 0.255 e. The second kappa shape index (κ2) is 3.47. The first-order valence-corrected chi connectivity index (χ1v) is 4.63. The summed E-state index contributed by atoms with van der Waals surface area (Å²) in [5.41, 5.74) is 2.74. The molecule has 2 heteroatoms. The first-order valence-electron chi connectivity index (χ1n) is 4.63. The molecule has 14 heavy (non-hydrogen) atoms. The van der Waals surface area contributed by atoms with Crippen LogP contribution in [0, 0.1) is 11.3 Å².